The second-order valence-corrected chi connectivity index (χ2v) is 18.6. The second kappa shape index (κ2) is 16.6. The first kappa shape index (κ1) is 39.7. The lowest BCUT2D eigenvalue weighted by molar-refractivity contribution is 0.0531. The molecular weight excluding hydrogens is 725 g/mol. The van der Waals surface area contributed by atoms with Crippen LogP contribution in [-0.4, -0.2) is 124 Å². The van der Waals surface area contributed by atoms with Crippen LogP contribution in [0.15, 0.2) is 48.8 Å². The molecule has 2 aliphatic heterocycles. The molecule has 2 aliphatic rings. The highest BCUT2D eigenvalue weighted by Gasteiger charge is 2.35. The van der Waals surface area contributed by atoms with Crippen LogP contribution in [0, 0.1) is 0 Å². The van der Waals surface area contributed by atoms with Gasteiger partial charge in [0.05, 0.1) is 58.6 Å². The predicted octanol–water partition coefficient (Wildman–Crippen LogP) is 2.75. The Morgan fingerprint density at radius 2 is 1.26 bits per heavy atom. The van der Waals surface area contributed by atoms with Crippen molar-refractivity contribution in [1.82, 2.24) is 25.3 Å². The van der Waals surface area contributed by atoms with Gasteiger partial charge in [0.15, 0.2) is 19.7 Å². The van der Waals surface area contributed by atoms with Crippen molar-refractivity contribution in [3.8, 4) is 11.8 Å². The number of pyridine rings is 4. The largest absolute Gasteiger partial charge is 0.481 e. The molecule has 0 radical (unpaired) electrons. The van der Waals surface area contributed by atoms with Crippen molar-refractivity contribution in [2.24, 2.45) is 5.73 Å². The van der Waals surface area contributed by atoms with Crippen LogP contribution in [-0.2, 0) is 24.4 Å². The summed E-state index contributed by atoms with van der Waals surface area (Å²) < 4.78 is 65.5. The lowest BCUT2D eigenvalue weighted by Crippen LogP contribution is -2.37. The average molecular weight is 773 g/mol. The lowest BCUT2D eigenvalue weighted by atomic mass is 10.2. The molecule has 0 aliphatic carbocycles. The highest BCUT2D eigenvalue weighted by Crippen LogP contribution is 2.31. The van der Waals surface area contributed by atoms with E-state index in [2.05, 4.69) is 30.2 Å². The number of nitrogens with two attached hydrogens (primary N) is 1. The van der Waals surface area contributed by atoms with E-state index in [0.717, 1.165) is 27.9 Å². The molecule has 2 unspecified atom stereocenters. The molecule has 4 aromatic heterocycles. The summed E-state index contributed by atoms with van der Waals surface area (Å²) in [7, 11) is -3.41. The SMILES string of the molecule is COc1ccc2nccc(N3CCC(S(=O)(=O)CCN)C3)c2n1.COc1ccc2nccc(N3CCC(S(=O)(=O)CCNC(=O)OC(C)(C)C)C3)c2n1. The maximum Gasteiger partial charge on any atom is 0.407 e. The Balaban J connectivity index is 0.000000211. The number of amides is 1. The molecule has 6 heterocycles. The molecule has 1 amide bonds. The topological polar surface area (TPSA) is 209 Å². The van der Waals surface area contributed by atoms with Gasteiger partial charge in [-0.1, -0.05) is 0 Å². The second-order valence-electron chi connectivity index (χ2n) is 13.8. The van der Waals surface area contributed by atoms with Gasteiger partial charge in [0.1, 0.15) is 16.6 Å². The fourth-order valence-corrected chi connectivity index (χ4v) is 9.44. The minimum Gasteiger partial charge on any atom is -0.481 e. The summed E-state index contributed by atoms with van der Waals surface area (Å²) in [5.41, 5.74) is 9.40. The molecule has 0 bridgehead atoms. The fourth-order valence-electron chi connectivity index (χ4n) is 6.31. The van der Waals surface area contributed by atoms with E-state index < -0.39 is 36.6 Å². The predicted molar refractivity (Wildman–Crippen MR) is 204 cm³/mol. The first-order valence-electron chi connectivity index (χ1n) is 17.3. The van der Waals surface area contributed by atoms with Crippen molar-refractivity contribution in [1.29, 1.82) is 0 Å². The van der Waals surface area contributed by atoms with Crippen LogP contribution in [0.25, 0.3) is 22.1 Å². The number of rotatable bonds is 11. The molecule has 3 N–H and O–H groups in total. The van der Waals surface area contributed by atoms with E-state index in [4.69, 9.17) is 19.9 Å². The van der Waals surface area contributed by atoms with Crippen LogP contribution in [0.2, 0.25) is 0 Å². The highest BCUT2D eigenvalue weighted by molar-refractivity contribution is 7.92. The van der Waals surface area contributed by atoms with Gasteiger partial charge in [0.25, 0.3) is 0 Å². The Labute approximate surface area is 310 Å². The van der Waals surface area contributed by atoms with Gasteiger partial charge >= 0.3 is 6.09 Å². The Morgan fingerprint density at radius 3 is 1.70 bits per heavy atom. The zero-order chi connectivity index (χ0) is 38.4. The van der Waals surface area contributed by atoms with Crippen molar-refractivity contribution >= 4 is 59.2 Å². The van der Waals surface area contributed by atoms with Gasteiger partial charge in [0.2, 0.25) is 11.8 Å². The molecule has 0 saturated carbocycles. The van der Waals surface area contributed by atoms with Crippen LogP contribution in [0.4, 0.5) is 16.2 Å². The molecule has 288 valence electrons. The number of nitrogens with zero attached hydrogens (tertiary/aromatic N) is 6. The van der Waals surface area contributed by atoms with E-state index in [1.807, 2.05) is 29.2 Å². The Morgan fingerprint density at radius 1 is 0.792 bits per heavy atom. The van der Waals surface area contributed by atoms with Crippen LogP contribution in [0.5, 0.6) is 11.8 Å². The minimum atomic E-state index is -3.38. The number of aromatic nitrogens is 4. The number of hydrogen-bond acceptors (Lipinski definition) is 15. The maximum absolute atomic E-state index is 12.8. The number of carbonyl (C=O) groups is 1. The molecule has 18 heteroatoms. The van der Waals surface area contributed by atoms with E-state index in [1.165, 1.54) is 0 Å². The summed E-state index contributed by atoms with van der Waals surface area (Å²) in [5, 5.41) is 1.63. The number of methoxy groups -OCH3 is 2. The number of fused-ring (bicyclic) bond motifs is 2. The van der Waals surface area contributed by atoms with Gasteiger partial charge in [-0.15, -0.1) is 0 Å². The number of anilines is 2. The van der Waals surface area contributed by atoms with E-state index in [-0.39, 0.29) is 29.8 Å². The van der Waals surface area contributed by atoms with Crippen LogP contribution in [0.1, 0.15) is 33.6 Å². The Bertz CT molecular complexity index is 2130. The summed E-state index contributed by atoms with van der Waals surface area (Å²) in [5.74, 6) is 0.898. The summed E-state index contributed by atoms with van der Waals surface area (Å²) >= 11 is 0. The number of ether oxygens (including phenoxy) is 3. The number of sulfone groups is 2. The number of hydrogen-bond donors (Lipinski definition) is 2. The molecule has 2 fully saturated rings. The van der Waals surface area contributed by atoms with Crippen molar-refractivity contribution in [2.75, 3.05) is 74.8 Å². The van der Waals surface area contributed by atoms with Gasteiger partial charge in [-0.2, -0.15) is 0 Å². The zero-order valence-corrected chi connectivity index (χ0v) is 32.3. The molecular formula is C35H48N8O8S2. The Hall–Kier alpha value is -4.55. The summed E-state index contributed by atoms with van der Waals surface area (Å²) in [6, 6.07) is 10.9. The van der Waals surface area contributed by atoms with Crippen molar-refractivity contribution < 1.29 is 35.8 Å². The molecule has 16 nitrogen and oxygen atoms in total. The third-order valence-corrected chi connectivity index (χ3v) is 13.3. The van der Waals surface area contributed by atoms with Gasteiger partial charge in [0, 0.05) is 63.8 Å². The average Bonchev–Trinajstić information content (AvgIpc) is 3.82. The van der Waals surface area contributed by atoms with Crippen LogP contribution >= 0.6 is 0 Å². The number of carbonyl (C=O) groups excluding carboxylic acids is 1. The third kappa shape index (κ3) is 9.91. The maximum atomic E-state index is 12.8. The monoisotopic (exact) mass is 772 g/mol. The smallest absolute Gasteiger partial charge is 0.407 e. The Kier molecular flexibility index (Phi) is 12.4. The molecule has 2 atom stereocenters. The minimum absolute atomic E-state index is 0.0185. The lowest BCUT2D eigenvalue weighted by Gasteiger charge is -2.21. The first-order valence-corrected chi connectivity index (χ1v) is 20.8. The molecule has 4 aromatic rings. The molecule has 0 spiro atoms. The zero-order valence-electron chi connectivity index (χ0n) is 30.7. The molecule has 0 aromatic carbocycles. The van der Waals surface area contributed by atoms with Crippen molar-refractivity contribution in [2.45, 2.75) is 49.7 Å². The molecule has 6 rings (SSSR count). The van der Waals surface area contributed by atoms with Gasteiger partial charge in [-0.3, -0.25) is 9.97 Å². The molecule has 2 saturated heterocycles. The quantitative estimate of drug-likeness (QED) is 0.225. The van der Waals surface area contributed by atoms with Crippen LogP contribution in [0.3, 0.4) is 0 Å². The standard InChI is InChI=1S/C20H28N4O5S.C15H20N4O3S/c1-20(2,3)29-19(25)22-10-12-30(26,27)14-8-11-24(13-14)16-7-9-21-15-5-6-17(28-4)23-18(15)16;1-22-14-3-2-12-15(18-14)13(4-7-17-12)19-8-5-11(10-19)23(20,21)9-6-16/h5-7,9,14H,8,10-13H2,1-4H3,(H,22,25);2-4,7,11H,5-6,8-10,16H2,1H3. The van der Waals surface area contributed by atoms with E-state index in [1.54, 1.807) is 59.5 Å². The summed E-state index contributed by atoms with van der Waals surface area (Å²) in [4.78, 5) is 33.4. The van der Waals surface area contributed by atoms with E-state index in [0.29, 0.717) is 56.3 Å². The summed E-state index contributed by atoms with van der Waals surface area (Å²) in [6.45, 7) is 7.54. The summed E-state index contributed by atoms with van der Waals surface area (Å²) in [6.07, 6.45) is 3.92. The molecule has 53 heavy (non-hydrogen) atoms. The van der Waals surface area contributed by atoms with Gasteiger partial charge in [-0.05, 0) is 57.9 Å². The van der Waals surface area contributed by atoms with Crippen LogP contribution < -0.4 is 30.3 Å². The normalized spacial score (nSPS) is 17.8. The highest BCUT2D eigenvalue weighted by atomic mass is 32.2. The van der Waals surface area contributed by atoms with Gasteiger partial charge < -0.3 is 35.1 Å². The van der Waals surface area contributed by atoms with E-state index in [9.17, 15) is 21.6 Å². The number of alkyl carbamates (subject to hydrolysis) is 1. The fraction of sp³-hybridized carbons (Fsp3) is 0.514. The van der Waals surface area contributed by atoms with Crippen molar-refractivity contribution in [3.05, 3.63) is 48.8 Å². The van der Waals surface area contributed by atoms with Gasteiger partial charge in [-0.25, -0.2) is 31.6 Å². The number of nitrogens with one attached hydrogen (secondary N) is 1. The first-order chi connectivity index (χ1) is 25.1. The van der Waals surface area contributed by atoms with Crippen molar-refractivity contribution in [3.63, 3.8) is 0 Å². The third-order valence-electron chi connectivity index (χ3n) is 8.94. The van der Waals surface area contributed by atoms with E-state index >= 15 is 0 Å².